The first-order valence-electron chi connectivity index (χ1n) is 6.80. The van der Waals surface area contributed by atoms with Crippen molar-refractivity contribution < 1.29 is 4.74 Å². The summed E-state index contributed by atoms with van der Waals surface area (Å²) < 4.78 is 6.84. The van der Waals surface area contributed by atoms with E-state index in [1.807, 2.05) is 6.07 Å². The van der Waals surface area contributed by atoms with E-state index in [0.717, 1.165) is 23.2 Å². The number of hydrogen-bond acceptors (Lipinski definition) is 2. The summed E-state index contributed by atoms with van der Waals surface area (Å²) in [6.07, 6.45) is 2.21. The molecule has 2 unspecified atom stereocenters. The van der Waals surface area contributed by atoms with Gasteiger partial charge in [-0.15, -0.1) is 0 Å². The van der Waals surface area contributed by atoms with Gasteiger partial charge in [0.1, 0.15) is 5.75 Å². The first kappa shape index (κ1) is 13.9. The average Bonchev–Trinajstić information content (AvgIpc) is 2.35. The highest BCUT2D eigenvalue weighted by Crippen LogP contribution is 2.34. The maximum Gasteiger partial charge on any atom is 0.124 e. The molecule has 0 amide bonds. The van der Waals surface area contributed by atoms with Crippen molar-refractivity contribution in [2.75, 3.05) is 6.61 Å². The summed E-state index contributed by atoms with van der Waals surface area (Å²) in [5, 5.41) is 3.79. The maximum atomic E-state index is 5.72. The molecule has 0 bridgehead atoms. The van der Waals surface area contributed by atoms with Gasteiger partial charge in [-0.3, -0.25) is 0 Å². The number of nitrogens with one attached hydrogen (secondary N) is 1. The fourth-order valence-electron chi connectivity index (χ4n) is 2.58. The van der Waals surface area contributed by atoms with E-state index in [9.17, 15) is 0 Å². The summed E-state index contributed by atoms with van der Waals surface area (Å²) in [7, 11) is 0. The summed E-state index contributed by atoms with van der Waals surface area (Å²) in [4.78, 5) is 0. The van der Waals surface area contributed by atoms with E-state index in [-0.39, 0.29) is 0 Å². The molecular formula is C15H22BrNO. The molecule has 1 aromatic carbocycles. The van der Waals surface area contributed by atoms with Crippen molar-refractivity contribution in [1.82, 2.24) is 5.32 Å². The molecule has 1 aliphatic heterocycles. The molecule has 2 rings (SSSR count). The zero-order valence-electron chi connectivity index (χ0n) is 11.4. The highest BCUT2D eigenvalue weighted by molar-refractivity contribution is 9.10. The molecule has 0 aromatic heterocycles. The van der Waals surface area contributed by atoms with Crippen molar-refractivity contribution in [3.8, 4) is 5.75 Å². The zero-order valence-corrected chi connectivity index (χ0v) is 13.0. The normalized spacial score (nSPS) is 20.4. The lowest BCUT2D eigenvalue weighted by Gasteiger charge is -2.32. The average molecular weight is 312 g/mol. The van der Waals surface area contributed by atoms with Crippen molar-refractivity contribution in [1.29, 1.82) is 0 Å². The van der Waals surface area contributed by atoms with Crippen LogP contribution in [0.2, 0.25) is 0 Å². The van der Waals surface area contributed by atoms with Crippen LogP contribution in [0.1, 0.15) is 45.2 Å². The number of rotatable bonds is 4. The zero-order chi connectivity index (χ0) is 13.1. The molecule has 0 radical (unpaired) electrons. The van der Waals surface area contributed by atoms with E-state index < -0.39 is 0 Å². The van der Waals surface area contributed by atoms with E-state index >= 15 is 0 Å². The van der Waals surface area contributed by atoms with Gasteiger partial charge in [-0.2, -0.15) is 0 Å². The van der Waals surface area contributed by atoms with Crippen molar-refractivity contribution in [3.63, 3.8) is 0 Å². The van der Waals surface area contributed by atoms with Crippen LogP contribution in [0.15, 0.2) is 22.7 Å². The molecule has 1 heterocycles. The van der Waals surface area contributed by atoms with Crippen LogP contribution < -0.4 is 10.1 Å². The Morgan fingerprint density at radius 2 is 2.22 bits per heavy atom. The topological polar surface area (TPSA) is 21.3 Å². The molecule has 100 valence electrons. The third kappa shape index (κ3) is 3.07. The van der Waals surface area contributed by atoms with Gasteiger partial charge in [0.2, 0.25) is 0 Å². The molecule has 1 aliphatic rings. The SMILES string of the molecule is CCC(NC1CCOc2ccc(Br)cc21)C(C)C. The van der Waals surface area contributed by atoms with Gasteiger partial charge in [-0.05, 0) is 30.5 Å². The lowest BCUT2D eigenvalue weighted by atomic mass is 9.95. The van der Waals surface area contributed by atoms with Crippen LogP contribution in [-0.2, 0) is 0 Å². The van der Waals surface area contributed by atoms with Gasteiger partial charge in [-0.25, -0.2) is 0 Å². The number of halogens is 1. The van der Waals surface area contributed by atoms with Crippen molar-refractivity contribution >= 4 is 15.9 Å². The molecule has 2 nitrogen and oxygen atoms in total. The van der Waals surface area contributed by atoms with E-state index in [1.165, 1.54) is 12.0 Å². The minimum Gasteiger partial charge on any atom is -0.493 e. The molecule has 0 spiro atoms. The largest absolute Gasteiger partial charge is 0.493 e. The smallest absolute Gasteiger partial charge is 0.124 e. The van der Waals surface area contributed by atoms with Crippen molar-refractivity contribution in [2.24, 2.45) is 5.92 Å². The minimum atomic E-state index is 0.415. The second-order valence-corrected chi connectivity index (χ2v) is 6.21. The summed E-state index contributed by atoms with van der Waals surface area (Å²) >= 11 is 3.55. The van der Waals surface area contributed by atoms with E-state index in [2.05, 4.69) is 54.2 Å². The first-order chi connectivity index (χ1) is 8.61. The Balaban J connectivity index is 2.19. The van der Waals surface area contributed by atoms with Gasteiger partial charge >= 0.3 is 0 Å². The molecule has 0 aliphatic carbocycles. The summed E-state index contributed by atoms with van der Waals surface area (Å²) in [5.74, 6) is 1.69. The number of hydrogen-bond donors (Lipinski definition) is 1. The van der Waals surface area contributed by atoms with Crippen LogP contribution in [0.25, 0.3) is 0 Å². The third-order valence-electron chi connectivity index (χ3n) is 3.67. The Labute approximate surface area is 118 Å². The predicted octanol–water partition coefficient (Wildman–Crippen LogP) is 4.30. The Bertz CT molecular complexity index is 405. The number of benzene rings is 1. The molecule has 0 fully saturated rings. The lowest BCUT2D eigenvalue weighted by Crippen LogP contribution is -2.38. The van der Waals surface area contributed by atoms with E-state index in [1.54, 1.807) is 0 Å². The second kappa shape index (κ2) is 6.07. The fraction of sp³-hybridized carbons (Fsp3) is 0.600. The molecule has 2 atom stereocenters. The minimum absolute atomic E-state index is 0.415. The molecule has 18 heavy (non-hydrogen) atoms. The number of fused-ring (bicyclic) bond motifs is 1. The molecule has 0 saturated heterocycles. The fourth-order valence-corrected chi connectivity index (χ4v) is 2.96. The van der Waals surface area contributed by atoms with E-state index in [4.69, 9.17) is 4.74 Å². The van der Waals surface area contributed by atoms with Crippen LogP contribution in [0.5, 0.6) is 5.75 Å². The Morgan fingerprint density at radius 3 is 2.89 bits per heavy atom. The Hall–Kier alpha value is -0.540. The second-order valence-electron chi connectivity index (χ2n) is 5.30. The molecule has 3 heteroatoms. The monoisotopic (exact) mass is 311 g/mol. The van der Waals surface area contributed by atoms with Crippen molar-refractivity contribution in [2.45, 2.75) is 45.7 Å². The third-order valence-corrected chi connectivity index (χ3v) is 4.16. The van der Waals surface area contributed by atoms with Crippen molar-refractivity contribution in [3.05, 3.63) is 28.2 Å². The Kier molecular flexibility index (Phi) is 4.68. The lowest BCUT2D eigenvalue weighted by molar-refractivity contribution is 0.232. The van der Waals surface area contributed by atoms with Gasteiger partial charge in [0.25, 0.3) is 0 Å². The standard InChI is InChI=1S/C15H22BrNO/c1-4-13(10(2)3)17-14-7-8-18-15-6-5-11(16)9-12(14)15/h5-6,9-10,13-14,17H,4,7-8H2,1-3H3. The van der Waals surface area contributed by atoms with Gasteiger partial charge in [0.05, 0.1) is 6.61 Å². The summed E-state index contributed by atoms with van der Waals surface area (Å²) in [6, 6.07) is 7.27. The van der Waals surface area contributed by atoms with Crippen LogP contribution in [0.3, 0.4) is 0 Å². The van der Waals surface area contributed by atoms with Gasteiger partial charge in [0.15, 0.2) is 0 Å². The first-order valence-corrected chi connectivity index (χ1v) is 7.59. The van der Waals surface area contributed by atoms with Gasteiger partial charge in [0, 0.05) is 28.5 Å². The van der Waals surface area contributed by atoms with Gasteiger partial charge in [-0.1, -0.05) is 36.7 Å². The summed E-state index contributed by atoms with van der Waals surface area (Å²) in [6.45, 7) is 7.62. The number of ether oxygens (including phenoxy) is 1. The van der Waals surface area contributed by atoms with Crippen LogP contribution in [-0.4, -0.2) is 12.6 Å². The highest BCUT2D eigenvalue weighted by Gasteiger charge is 2.24. The molecule has 0 saturated carbocycles. The molecule has 1 aromatic rings. The molecular weight excluding hydrogens is 290 g/mol. The quantitative estimate of drug-likeness (QED) is 0.895. The van der Waals surface area contributed by atoms with Crippen LogP contribution in [0, 0.1) is 5.92 Å². The van der Waals surface area contributed by atoms with E-state index in [0.29, 0.717) is 18.0 Å². The Morgan fingerprint density at radius 1 is 1.44 bits per heavy atom. The summed E-state index contributed by atoms with van der Waals surface area (Å²) in [5.41, 5.74) is 1.29. The van der Waals surface area contributed by atoms with Crippen LogP contribution in [0.4, 0.5) is 0 Å². The maximum absolute atomic E-state index is 5.72. The molecule has 1 N–H and O–H groups in total. The predicted molar refractivity (Wildman–Crippen MR) is 79.0 cm³/mol. The highest BCUT2D eigenvalue weighted by atomic mass is 79.9. The van der Waals surface area contributed by atoms with Gasteiger partial charge < -0.3 is 10.1 Å². The van der Waals surface area contributed by atoms with Crippen LogP contribution >= 0.6 is 15.9 Å².